The minimum atomic E-state index is 0.262. The molecule has 0 N–H and O–H groups in total. The molecule has 0 aliphatic heterocycles. The molecule has 1 aromatic carbocycles. The third-order valence-corrected chi connectivity index (χ3v) is 12.1. The molecule has 0 radical (unpaired) electrons. The zero-order valence-corrected chi connectivity index (χ0v) is 30.5. The molecule has 2 nitrogen and oxygen atoms in total. The van der Waals surface area contributed by atoms with Crippen LogP contribution in [0.15, 0.2) is 35.3 Å². The van der Waals surface area contributed by atoms with E-state index in [4.69, 9.17) is 11.2 Å². The number of hydrogen-bond acceptors (Lipinski definition) is 1. The summed E-state index contributed by atoms with van der Waals surface area (Å²) in [5.41, 5.74) is 7.91. The summed E-state index contributed by atoms with van der Waals surface area (Å²) in [5, 5.41) is 0. The van der Waals surface area contributed by atoms with E-state index in [-0.39, 0.29) is 15.8 Å². The fourth-order valence-electron chi connectivity index (χ4n) is 4.49. The topological polar surface area (TPSA) is 32.3 Å². The molecule has 211 valence electrons. The second kappa shape index (κ2) is 26.8. The molecule has 0 spiro atoms. The average Bonchev–Trinajstić information content (AvgIpc) is 2.76. The van der Waals surface area contributed by atoms with Gasteiger partial charge in [-0.2, -0.15) is 5.56 Å². The van der Waals surface area contributed by atoms with Crippen LogP contribution in [0.4, 0.5) is 0 Å². The Labute approximate surface area is 243 Å². The molecular weight excluding hydrogens is 678 g/mol. The van der Waals surface area contributed by atoms with E-state index in [1.54, 1.807) is 0 Å². The first kappa shape index (κ1) is 43.2. The van der Waals surface area contributed by atoms with Gasteiger partial charge in [0.2, 0.25) is 0 Å². The van der Waals surface area contributed by atoms with Crippen molar-refractivity contribution in [2.75, 3.05) is 0 Å². The van der Waals surface area contributed by atoms with Crippen molar-refractivity contribution in [2.24, 2.45) is 4.99 Å². The van der Waals surface area contributed by atoms with Gasteiger partial charge < -0.3 is 0 Å². The Hall–Kier alpha value is 0.156. The van der Waals surface area contributed by atoms with Crippen molar-refractivity contribution in [3.8, 4) is 0 Å². The Kier molecular flexibility index (Phi) is 32.1. The van der Waals surface area contributed by atoms with Gasteiger partial charge in [-0.3, -0.25) is 11.6 Å². The van der Waals surface area contributed by atoms with Crippen LogP contribution in [0, 0.1) is 13.2 Å². The van der Waals surface area contributed by atoms with Crippen LogP contribution in [0.3, 0.4) is 0 Å². The van der Waals surface area contributed by atoms with Gasteiger partial charge in [0, 0.05) is 5.71 Å². The molecule has 0 saturated heterocycles. The van der Waals surface area contributed by atoms with Crippen LogP contribution in [0.5, 0.6) is 0 Å². The maximum absolute atomic E-state index is 7.50. The third-order valence-electron chi connectivity index (χ3n) is 4.99. The fraction of sp³-hybridized carbons (Fsp3) is 0.667. The van der Waals surface area contributed by atoms with Gasteiger partial charge in [-0.15, -0.1) is 17.8 Å². The van der Waals surface area contributed by atoms with E-state index >= 15 is 0 Å². The molecule has 0 amide bonds. The van der Waals surface area contributed by atoms with E-state index < -0.39 is 0 Å². The summed E-state index contributed by atoms with van der Waals surface area (Å²) in [7, 11) is 5.19. The minimum absolute atomic E-state index is 0.262. The van der Waals surface area contributed by atoms with Gasteiger partial charge in [-0.05, 0) is 47.8 Å². The zero-order chi connectivity index (χ0) is 29.6. The second-order valence-corrected chi connectivity index (χ2v) is 18.3. The van der Waals surface area contributed by atoms with Crippen LogP contribution >= 0.6 is 25.5 Å². The van der Waals surface area contributed by atoms with E-state index in [0.717, 1.165) is 45.2 Å². The summed E-state index contributed by atoms with van der Waals surface area (Å²) in [6.45, 7) is 42.3. The number of rotatable bonds is 8. The van der Waals surface area contributed by atoms with Gasteiger partial charge in [0.05, 0.1) is 0 Å². The Morgan fingerprint density at radius 1 is 0.694 bits per heavy atom. The number of benzene rings is 1. The number of hydrogen-bond donors (Lipinski definition) is 0. The Morgan fingerprint density at radius 2 is 0.944 bits per heavy atom. The third kappa shape index (κ3) is 23.3. The first-order valence-electron chi connectivity index (χ1n) is 12.7. The summed E-state index contributed by atoms with van der Waals surface area (Å²) < 4.78 is 7.50. The van der Waals surface area contributed by atoms with E-state index in [1.165, 1.54) is 17.6 Å². The molecule has 0 fully saturated rings. The SMILES string of the molecule is CC(C)P(C(C)C)C(C)C.CC(C)P(C(C)C)C(C)C.[C-]#[O+].[CH-]=C(N=C(C)C)c1ccccc1.[Cl][Os]. The van der Waals surface area contributed by atoms with E-state index in [0.29, 0.717) is 5.70 Å². The summed E-state index contributed by atoms with van der Waals surface area (Å²) in [4.78, 5) is 4.16. The normalized spacial score (nSPS) is 10.3. The van der Waals surface area contributed by atoms with Crippen LogP contribution in [0.1, 0.15) is 102 Å². The van der Waals surface area contributed by atoms with Crippen molar-refractivity contribution in [1.82, 2.24) is 0 Å². The van der Waals surface area contributed by atoms with Crippen molar-refractivity contribution < 1.29 is 22.3 Å². The quantitative estimate of drug-likeness (QED) is 0.110. The fourth-order valence-corrected chi connectivity index (χ4v) is 11.6. The molecule has 0 heterocycles. The van der Waals surface area contributed by atoms with Crippen LogP contribution in [0.25, 0.3) is 5.70 Å². The van der Waals surface area contributed by atoms with Gasteiger partial charge in [-0.25, -0.2) is 0 Å². The Balaban J connectivity index is -0.000000200. The zero-order valence-electron chi connectivity index (χ0n) is 25.4. The summed E-state index contributed by atoms with van der Waals surface area (Å²) in [5.74, 6) is 0. The Bertz CT molecular complexity index is 621. The molecule has 0 atom stereocenters. The molecular formula is C30H54ClNOOsP2-. The molecule has 0 aromatic heterocycles. The summed E-state index contributed by atoms with van der Waals surface area (Å²) >= 11 is 1.33. The first-order chi connectivity index (χ1) is 16.6. The van der Waals surface area contributed by atoms with Gasteiger partial charge in [-0.1, -0.05) is 117 Å². The van der Waals surface area contributed by atoms with Crippen molar-refractivity contribution in [3.63, 3.8) is 0 Å². The van der Waals surface area contributed by atoms with Gasteiger partial charge >= 0.3 is 38.5 Å². The van der Waals surface area contributed by atoms with Crippen LogP contribution in [0.2, 0.25) is 0 Å². The summed E-state index contributed by atoms with van der Waals surface area (Å²) in [6, 6.07) is 9.74. The van der Waals surface area contributed by atoms with Crippen LogP contribution in [-0.4, -0.2) is 39.7 Å². The second-order valence-electron chi connectivity index (χ2n) is 10.3. The number of halogens is 1. The summed E-state index contributed by atoms with van der Waals surface area (Å²) in [6.07, 6.45) is 0. The predicted octanol–water partition coefficient (Wildman–Crippen LogP) is 11.0. The molecule has 0 saturated carbocycles. The van der Waals surface area contributed by atoms with Crippen LogP contribution < -0.4 is 0 Å². The van der Waals surface area contributed by atoms with E-state index in [2.05, 4.69) is 104 Å². The Morgan fingerprint density at radius 3 is 1.11 bits per heavy atom. The predicted molar refractivity (Wildman–Crippen MR) is 167 cm³/mol. The van der Waals surface area contributed by atoms with E-state index in [1.807, 2.05) is 44.2 Å². The molecule has 0 unspecified atom stereocenters. The van der Waals surface area contributed by atoms with E-state index in [9.17, 15) is 0 Å². The average molecular weight is 732 g/mol. The van der Waals surface area contributed by atoms with Crippen molar-refractivity contribution in [3.05, 3.63) is 49.1 Å². The molecule has 0 aliphatic rings. The molecule has 1 rings (SSSR count). The van der Waals surface area contributed by atoms with Crippen molar-refractivity contribution in [1.29, 1.82) is 0 Å². The molecule has 0 bridgehead atoms. The molecule has 0 aliphatic carbocycles. The molecule has 1 aromatic rings. The van der Waals surface area contributed by atoms with Gasteiger partial charge in [0.15, 0.2) is 0 Å². The monoisotopic (exact) mass is 733 g/mol. The standard InChI is InChI=1S/C11H12N.2C9H21P.CO.ClH.Os/c1-9(2)12-10(3)11-7-5-4-6-8-11;2*1-7(2)10(8(3)4)9(5)6;1-2;;/h3-8H,1-2H3;2*7-9H,1-6H3;;1H;/q-1;;;;;+1/p-1. The van der Waals surface area contributed by atoms with Crippen molar-refractivity contribution in [2.45, 2.75) is 131 Å². The van der Waals surface area contributed by atoms with Gasteiger partial charge in [0.25, 0.3) is 0 Å². The van der Waals surface area contributed by atoms with Crippen LogP contribution in [-0.2, 0) is 22.3 Å². The number of nitrogens with zero attached hydrogens (tertiary/aromatic N) is 1. The molecule has 6 heteroatoms. The maximum atomic E-state index is 7.50. The molecule has 36 heavy (non-hydrogen) atoms. The first-order valence-corrected chi connectivity index (χ1v) is 19.0. The van der Waals surface area contributed by atoms with Crippen molar-refractivity contribution >= 4 is 36.9 Å². The van der Waals surface area contributed by atoms with Gasteiger partial charge in [0.1, 0.15) is 0 Å². The number of aliphatic imine (C=N–C) groups is 1.